The quantitative estimate of drug-likeness (QED) is 0.334. The van der Waals surface area contributed by atoms with Gasteiger partial charge < -0.3 is 18.9 Å². The van der Waals surface area contributed by atoms with Crippen molar-refractivity contribution in [1.82, 2.24) is 4.90 Å². The van der Waals surface area contributed by atoms with Gasteiger partial charge >= 0.3 is 5.97 Å². The molecule has 2 aliphatic rings. The average molecular weight is 504 g/mol. The third kappa shape index (κ3) is 5.98. The fraction of sp³-hybridized carbons (Fsp3) is 0.452. The zero-order chi connectivity index (χ0) is 25.6. The summed E-state index contributed by atoms with van der Waals surface area (Å²) in [4.78, 5) is 14.6. The number of rotatable bonds is 10. The summed E-state index contributed by atoms with van der Waals surface area (Å²) in [5.74, 6) is 0.898. The van der Waals surface area contributed by atoms with Gasteiger partial charge in [0.25, 0.3) is 0 Å². The van der Waals surface area contributed by atoms with Crippen LogP contribution in [0.4, 0.5) is 0 Å². The molecule has 1 heterocycles. The highest BCUT2D eigenvalue weighted by Gasteiger charge is 2.30. The number of esters is 1. The molecular formula is C31H37NO5. The predicted octanol–water partition coefficient (Wildman–Crippen LogP) is 5.64. The van der Waals surface area contributed by atoms with Gasteiger partial charge in [-0.1, -0.05) is 48.5 Å². The van der Waals surface area contributed by atoms with Crippen LogP contribution < -0.4 is 4.74 Å². The highest BCUT2D eigenvalue weighted by Crippen LogP contribution is 2.36. The van der Waals surface area contributed by atoms with Crippen LogP contribution in [-0.4, -0.2) is 57.2 Å². The third-order valence-corrected chi connectivity index (χ3v) is 7.59. The van der Waals surface area contributed by atoms with E-state index in [2.05, 4.69) is 59.5 Å². The molecule has 1 unspecified atom stereocenters. The van der Waals surface area contributed by atoms with Gasteiger partial charge in [-0.05, 0) is 78.7 Å². The summed E-state index contributed by atoms with van der Waals surface area (Å²) in [6.07, 6.45) is 3.56. The maximum atomic E-state index is 12.4. The van der Waals surface area contributed by atoms with E-state index in [-0.39, 0.29) is 24.2 Å². The smallest absolute Gasteiger partial charge is 0.320 e. The van der Waals surface area contributed by atoms with Crippen LogP contribution in [-0.2, 0) is 25.4 Å². The van der Waals surface area contributed by atoms with Gasteiger partial charge in [-0.2, -0.15) is 0 Å². The molecule has 1 atom stereocenters. The Morgan fingerprint density at radius 2 is 1.84 bits per heavy atom. The number of aryl methyl sites for hydroxylation is 1. The molecule has 1 saturated heterocycles. The zero-order valence-corrected chi connectivity index (χ0v) is 21.9. The van der Waals surface area contributed by atoms with Crippen LogP contribution in [0.2, 0.25) is 0 Å². The summed E-state index contributed by atoms with van der Waals surface area (Å²) < 4.78 is 23.0. The first-order valence-corrected chi connectivity index (χ1v) is 13.4. The summed E-state index contributed by atoms with van der Waals surface area (Å²) in [6.45, 7) is 4.65. The van der Waals surface area contributed by atoms with E-state index < -0.39 is 0 Å². The van der Waals surface area contributed by atoms with Gasteiger partial charge in [0, 0.05) is 12.0 Å². The summed E-state index contributed by atoms with van der Waals surface area (Å²) in [5, 5.41) is 2.37. The van der Waals surface area contributed by atoms with Crippen molar-refractivity contribution in [2.45, 2.75) is 50.9 Å². The van der Waals surface area contributed by atoms with E-state index in [4.69, 9.17) is 18.9 Å². The lowest BCUT2D eigenvalue weighted by atomic mass is 9.94. The van der Waals surface area contributed by atoms with Gasteiger partial charge in [0.05, 0.1) is 33.5 Å². The topological polar surface area (TPSA) is 57.2 Å². The second kappa shape index (κ2) is 12.1. The van der Waals surface area contributed by atoms with Crippen molar-refractivity contribution in [2.24, 2.45) is 0 Å². The van der Waals surface area contributed by atoms with Crippen molar-refractivity contribution < 1.29 is 23.7 Å². The first kappa shape index (κ1) is 25.7. The highest BCUT2D eigenvalue weighted by atomic mass is 16.7. The first-order valence-electron chi connectivity index (χ1n) is 13.4. The number of hydrogen-bond donors (Lipinski definition) is 0. The van der Waals surface area contributed by atoms with Gasteiger partial charge in [-0.25, -0.2) is 0 Å². The van der Waals surface area contributed by atoms with Gasteiger partial charge in [0.15, 0.2) is 6.29 Å². The van der Waals surface area contributed by atoms with E-state index in [1.807, 2.05) is 13.0 Å². The van der Waals surface area contributed by atoms with Crippen molar-refractivity contribution in [3.8, 4) is 5.75 Å². The summed E-state index contributed by atoms with van der Waals surface area (Å²) in [5.41, 5.74) is 3.98. The molecular weight excluding hydrogens is 466 g/mol. The Kier molecular flexibility index (Phi) is 8.39. The Morgan fingerprint density at radius 1 is 1.03 bits per heavy atom. The largest absolute Gasteiger partial charge is 0.497 e. The molecule has 3 aromatic carbocycles. The Hall–Kier alpha value is -2.93. The van der Waals surface area contributed by atoms with Crippen LogP contribution in [0.3, 0.4) is 0 Å². The highest BCUT2D eigenvalue weighted by molar-refractivity contribution is 5.87. The normalized spacial score (nSPS) is 21.2. The average Bonchev–Trinajstić information content (AvgIpc) is 3.36. The summed E-state index contributed by atoms with van der Waals surface area (Å²) in [6, 6.07) is 21.4. The van der Waals surface area contributed by atoms with Gasteiger partial charge in [0.2, 0.25) is 0 Å². The predicted molar refractivity (Wildman–Crippen MR) is 144 cm³/mol. The molecule has 0 saturated carbocycles. The number of carbonyl (C=O) groups is 1. The van der Waals surface area contributed by atoms with E-state index in [1.165, 1.54) is 22.1 Å². The lowest BCUT2D eigenvalue weighted by Crippen LogP contribution is -2.36. The standard InChI is InChI=1S/C31H37NO5/c1-3-35-30(33)19-32(29-16-13-22-8-4-5-10-28(22)29)17-7-12-31-36-20-24(21-37-31)26-11-6-9-23-18-25(34-2)14-15-27(23)26/h4-6,8-11,14-15,18,24,29,31H,3,7,12-13,16-17,19-21H2,1-2H3. The van der Waals surface area contributed by atoms with Crippen molar-refractivity contribution in [1.29, 1.82) is 0 Å². The zero-order valence-electron chi connectivity index (χ0n) is 21.9. The lowest BCUT2D eigenvalue weighted by Gasteiger charge is -2.32. The van der Waals surface area contributed by atoms with E-state index >= 15 is 0 Å². The number of ether oxygens (including phenoxy) is 4. The molecule has 1 aliphatic carbocycles. The fourth-order valence-corrected chi connectivity index (χ4v) is 5.75. The Morgan fingerprint density at radius 3 is 2.65 bits per heavy atom. The lowest BCUT2D eigenvalue weighted by molar-refractivity contribution is -0.190. The molecule has 37 heavy (non-hydrogen) atoms. The second-order valence-corrected chi connectivity index (χ2v) is 9.90. The minimum absolute atomic E-state index is 0.160. The molecule has 0 spiro atoms. The van der Waals surface area contributed by atoms with Crippen molar-refractivity contribution in [3.05, 3.63) is 77.4 Å². The third-order valence-electron chi connectivity index (χ3n) is 7.59. The number of fused-ring (bicyclic) bond motifs is 2. The SMILES string of the molecule is CCOC(=O)CN(CCCC1OCC(c2cccc3cc(OC)ccc23)CO1)C1CCc2ccccc21. The van der Waals surface area contributed by atoms with Crippen molar-refractivity contribution >= 4 is 16.7 Å². The molecule has 6 nitrogen and oxygen atoms in total. The molecule has 0 N–H and O–H groups in total. The molecule has 1 aliphatic heterocycles. The molecule has 5 rings (SSSR count). The molecule has 3 aromatic rings. The number of carbonyl (C=O) groups excluding carboxylic acids is 1. The maximum absolute atomic E-state index is 12.4. The van der Waals surface area contributed by atoms with Gasteiger partial charge in [-0.15, -0.1) is 0 Å². The Bertz CT molecular complexity index is 1200. The van der Waals surface area contributed by atoms with Crippen LogP contribution in [0.1, 0.15) is 54.8 Å². The Labute approximate surface area is 219 Å². The van der Waals surface area contributed by atoms with E-state index in [0.717, 1.165) is 43.4 Å². The molecule has 0 amide bonds. The van der Waals surface area contributed by atoms with Gasteiger partial charge in [-0.3, -0.25) is 9.69 Å². The maximum Gasteiger partial charge on any atom is 0.320 e. The number of methoxy groups -OCH3 is 1. The second-order valence-electron chi connectivity index (χ2n) is 9.90. The van der Waals surface area contributed by atoms with Crippen LogP contribution >= 0.6 is 0 Å². The minimum Gasteiger partial charge on any atom is -0.497 e. The molecule has 0 aromatic heterocycles. The number of benzene rings is 3. The van der Waals surface area contributed by atoms with Crippen molar-refractivity contribution in [2.75, 3.05) is 40.0 Å². The number of nitrogens with zero attached hydrogens (tertiary/aromatic N) is 1. The summed E-state index contributed by atoms with van der Waals surface area (Å²) >= 11 is 0. The molecule has 196 valence electrons. The van der Waals surface area contributed by atoms with Crippen LogP contribution in [0.5, 0.6) is 5.75 Å². The van der Waals surface area contributed by atoms with Crippen molar-refractivity contribution in [3.63, 3.8) is 0 Å². The molecule has 6 heteroatoms. The molecule has 1 fully saturated rings. The van der Waals surface area contributed by atoms with Crippen LogP contribution in [0, 0.1) is 0 Å². The molecule has 0 radical (unpaired) electrons. The van der Waals surface area contributed by atoms with E-state index in [1.54, 1.807) is 7.11 Å². The van der Waals surface area contributed by atoms with Crippen LogP contribution in [0.15, 0.2) is 60.7 Å². The first-order chi connectivity index (χ1) is 18.2. The number of hydrogen-bond acceptors (Lipinski definition) is 6. The van der Waals surface area contributed by atoms with E-state index in [9.17, 15) is 4.79 Å². The Balaban J connectivity index is 1.17. The monoisotopic (exact) mass is 503 g/mol. The minimum atomic E-state index is -0.216. The molecule has 0 bridgehead atoms. The van der Waals surface area contributed by atoms with Crippen LogP contribution in [0.25, 0.3) is 10.8 Å². The fourth-order valence-electron chi connectivity index (χ4n) is 5.75. The summed E-state index contributed by atoms with van der Waals surface area (Å²) in [7, 11) is 1.69. The van der Waals surface area contributed by atoms with E-state index in [0.29, 0.717) is 26.4 Å². The van der Waals surface area contributed by atoms with Gasteiger partial charge in [0.1, 0.15) is 5.75 Å².